The lowest BCUT2D eigenvalue weighted by atomic mass is 9.90. The van der Waals surface area contributed by atoms with Gasteiger partial charge in [0.15, 0.2) is 5.76 Å². The summed E-state index contributed by atoms with van der Waals surface area (Å²) in [5.74, 6) is 0.779. The molecule has 1 atom stereocenters. The van der Waals surface area contributed by atoms with E-state index in [1.54, 1.807) is 0 Å². The standard InChI is InChI=1S/C11H19NO2/c1-8(2)9(7-12)11(13)10-5-3-4-6-14-10/h5,8-9H,3-4,6-7,12H2,1-2H3. The van der Waals surface area contributed by atoms with Crippen LogP contribution in [0.2, 0.25) is 0 Å². The fourth-order valence-electron chi connectivity index (χ4n) is 1.59. The summed E-state index contributed by atoms with van der Waals surface area (Å²) in [7, 11) is 0. The van der Waals surface area contributed by atoms with E-state index in [2.05, 4.69) is 0 Å². The van der Waals surface area contributed by atoms with E-state index in [0.29, 0.717) is 18.9 Å². The summed E-state index contributed by atoms with van der Waals surface area (Å²) in [6.45, 7) is 5.09. The van der Waals surface area contributed by atoms with Crippen LogP contribution in [0.15, 0.2) is 11.8 Å². The molecule has 1 aliphatic heterocycles. The molecule has 0 fully saturated rings. The van der Waals surface area contributed by atoms with Crippen LogP contribution in [0, 0.1) is 11.8 Å². The van der Waals surface area contributed by atoms with Crippen molar-refractivity contribution >= 4 is 5.78 Å². The van der Waals surface area contributed by atoms with Crippen molar-refractivity contribution in [2.75, 3.05) is 13.2 Å². The number of carbonyl (C=O) groups excluding carboxylic acids is 1. The Hall–Kier alpha value is -0.830. The average molecular weight is 197 g/mol. The van der Waals surface area contributed by atoms with Gasteiger partial charge in [-0.05, 0) is 24.8 Å². The Morgan fingerprint density at radius 2 is 2.36 bits per heavy atom. The monoisotopic (exact) mass is 197 g/mol. The highest BCUT2D eigenvalue weighted by molar-refractivity contribution is 5.95. The molecule has 0 spiro atoms. The number of Topliss-reactive ketones (excluding diaryl/α,β-unsaturated/α-hetero) is 1. The van der Waals surface area contributed by atoms with Crippen molar-refractivity contribution in [2.24, 2.45) is 17.6 Å². The third-order valence-electron chi connectivity index (χ3n) is 2.57. The van der Waals surface area contributed by atoms with Gasteiger partial charge in [0.2, 0.25) is 5.78 Å². The topological polar surface area (TPSA) is 52.3 Å². The maximum atomic E-state index is 11.9. The average Bonchev–Trinajstić information content (AvgIpc) is 2.19. The second kappa shape index (κ2) is 5.15. The van der Waals surface area contributed by atoms with Crippen LogP contribution in [0.1, 0.15) is 26.7 Å². The zero-order chi connectivity index (χ0) is 10.6. The van der Waals surface area contributed by atoms with Crippen LogP contribution < -0.4 is 5.73 Å². The molecule has 0 aromatic rings. The Morgan fingerprint density at radius 1 is 1.64 bits per heavy atom. The van der Waals surface area contributed by atoms with Crippen LogP contribution in [-0.4, -0.2) is 18.9 Å². The molecule has 1 aliphatic rings. The van der Waals surface area contributed by atoms with E-state index in [-0.39, 0.29) is 17.6 Å². The molecular weight excluding hydrogens is 178 g/mol. The maximum Gasteiger partial charge on any atom is 0.201 e. The van der Waals surface area contributed by atoms with Crippen LogP contribution >= 0.6 is 0 Å². The molecule has 80 valence electrons. The molecule has 2 N–H and O–H groups in total. The third kappa shape index (κ3) is 2.58. The van der Waals surface area contributed by atoms with E-state index in [9.17, 15) is 4.79 Å². The predicted molar refractivity (Wildman–Crippen MR) is 55.7 cm³/mol. The van der Waals surface area contributed by atoms with Crippen molar-refractivity contribution in [3.63, 3.8) is 0 Å². The van der Waals surface area contributed by atoms with Crippen molar-refractivity contribution in [3.8, 4) is 0 Å². The van der Waals surface area contributed by atoms with Gasteiger partial charge < -0.3 is 10.5 Å². The lowest BCUT2D eigenvalue weighted by Gasteiger charge is -2.21. The Bertz CT molecular complexity index is 233. The first-order valence-corrected chi connectivity index (χ1v) is 5.24. The molecule has 0 radical (unpaired) electrons. The van der Waals surface area contributed by atoms with E-state index >= 15 is 0 Å². The number of ether oxygens (including phenoxy) is 1. The predicted octanol–water partition coefficient (Wildman–Crippen LogP) is 1.48. The highest BCUT2D eigenvalue weighted by Crippen LogP contribution is 2.19. The van der Waals surface area contributed by atoms with Gasteiger partial charge in [0.1, 0.15) is 0 Å². The van der Waals surface area contributed by atoms with Gasteiger partial charge in [-0.3, -0.25) is 4.79 Å². The second-order valence-corrected chi connectivity index (χ2v) is 4.01. The van der Waals surface area contributed by atoms with Crippen molar-refractivity contribution in [1.82, 2.24) is 0 Å². The lowest BCUT2D eigenvalue weighted by Crippen LogP contribution is -2.30. The van der Waals surface area contributed by atoms with E-state index in [1.165, 1.54) is 0 Å². The molecule has 0 saturated carbocycles. The summed E-state index contributed by atoms with van der Waals surface area (Å²) in [4.78, 5) is 11.9. The highest BCUT2D eigenvalue weighted by Gasteiger charge is 2.25. The summed E-state index contributed by atoms with van der Waals surface area (Å²) < 4.78 is 5.33. The van der Waals surface area contributed by atoms with Gasteiger partial charge >= 0.3 is 0 Å². The molecule has 0 aromatic carbocycles. The van der Waals surface area contributed by atoms with Crippen LogP contribution in [-0.2, 0) is 9.53 Å². The van der Waals surface area contributed by atoms with Gasteiger partial charge in [0.05, 0.1) is 6.61 Å². The summed E-state index contributed by atoms with van der Waals surface area (Å²) in [6.07, 6.45) is 3.83. The molecule has 0 saturated heterocycles. The molecule has 0 aliphatic carbocycles. The summed E-state index contributed by atoms with van der Waals surface area (Å²) in [5.41, 5.74) is 5.58. The van der Waals surface area contributed by atoms with E-state index in [0.717, 1.165) is 12.8 Å². The number of allylic oxidation sites excluding steroid dienone is 2. The van der Waals surface area contributed by atoms with Crippen LogP contribution in [0.3, 0.4) is 0 Å². The summed E-state index contributed by atoms with van der Waals surface area (Å²) in [6, 6.07) is 0. The summed E-state index contributed by atoms with van der Waals surface area (Å²) >= 11 is 0. The number of rotatable bonds is 4. The molecular formula is C11H19NO2. The number of nitrogens with two attached hydrogens (primary N) is 1. The van der Waals surface area contributed by atoms with Gasteiger partial charge in [-0.25, -0.2) is 0 Å². The van der Waals surface area contributed by atoms with Crippen molar-refractivity contribution < 1.29 is 9.53 Å². The lowest BCUT2D eigenvalue weighted by molar-refractivity contribution is -0.123. The zero-order valence-corrected chi connectivity index (χ0v) is 8.95. The quantitative estimate of drug-likeness (QED) is 0.742. The van der Waals surface area contributed by atoms with E-state index < -0.39 is 0 Å². The van der Waals surface area contributed by atoms with Crippen molar-refractivity contribution in [2.45, 2.75) is 26.7 Å². The number of hydrogen-bond donors (Lipinski definition) is 1. The molecule has 3 heteroatoms. The van der Waals surface area contributed by atoms with Gasteiger partial charge in [-0.1, -0.05) is 13.8 Å². The van der Waals surface area contributed by atoms with Gasteiger partial charge in [0.25, 0.3) is 0 Å². The van der Waals surface area contributed by atoms with Gasteiger partial charge in [0, 0.05) is 12.5 Å². The van der Waals surface area contributed by atoms with Crippen LogP contribution in [0.25, 0.3) is 0 Å². The van der Waals surface area contributed by atoms with Gasteiger partial charge in [-0.2, -0.15) is 0 Å². The van der Waals surface area contributed by atoms with Crippen molar-refractivity contribution in [3.05, 3.63) is 11.8 Å². The number of hydrogen-bond acceptors (Lipinski definition) is 3. The highest BCUT2D eigenvalue weighted by atomic mass is 16.5. The SMILES string of the molecule is CC(C)C(CN)C(=O)C1=CCCCO1. The zero-order valence-electron chi connectivity index (χ0n) is 8.95. The molecule has 0 amide bonds. The molecule has 0 aromatic heterocycles. The number of carbonyl (C=O) groups is 1. The molecule has 1 unspecified atom stereocenters. The maximum absolute atomic E-state index is 11.9. The molecule has 0 bridgehead atoms. The smallest absolute Gasteiger partial charge is 0.201 e. The first-order valence-electron chi connectivity index (χ1n) is 5.24. The first-order chi connectivity index (χ1) is 6.66. The fourth-order valence-corrected chi connectivity index (χ4v) is 1.59. The van der Waals surface area contributed by atoms with Crippen LogP contribution in [0.5, 0.6) is 0 Å². The van der Waals surface area contributed by atoms with Gasteiger partial charge in [-0.15, -0.1) is 0 Å². The van der Waals surface area contributed by atoms with E-state index in [1.807, 2.05) is 19.9 Å². The summed E-state index contributed by atoms with van der Waals surface area (Å²) in [5, 5.41) is 0. The first kappa shape index (κ1) is 11.2. The Labute approximate surface area is 85.3 Å². The normalized spacial score (nSPS) is 18.7. The molecule has 14 heavy (non-hydrogen) atoms. The minimum absolute atomic E-state index is 0.0715. The van der Waals surface area contributed by atoms with E-state index in [4.69, 9.17) is 10.5 Å². The molecule has 1 rings (SSSR count). The Kier molecular flexibility index (Phi) is 4.14. The fraction of sp³-hybridized carbons (Fsp3) is 0.727. The third-order valence-corrected chi connectivity index (χ3v) is 2.57. The second-order valence-electron chi connectivity index (χ2n) is 4.01. The van der Waals surface area contributed by atoms with Crippen molar-refractivity contribution in [1.29, 1.82) is 0 Å². The minimum atomic E-state index is -0.0978. The van der Waals surface area contributed by atoms with Crippen LogP contribution in [0.4, 0.5) is 0 Å². The molecule has 1 heterocycles. The Balaban J connectivity index is 2.66. The minimum Gasteiger partial charge on any atom is -0.490 e. The number of ketones is 1. The Morgan fingerprint density at radius 3 is 2.79 bits per heavy atom. The molecule has 3 nitrogen and oxygen atoms in total. The largest absolute Gasteiger partial charge is 0.490 e.